The van der Waals surface area contributed by atoms with Crippen molar-refractivity contribution in [2.24, 2.45) is 0 Å². The topological polar surface area (TPSA) is 50.5 Å². The average molecular weight is 273 g/mol. The van der Waals surface area contributed by atoms with Crippen LogP contribution in [0.5, 0.6) is 0 Å². The van der Waals surface area contributed by atoms with Crippen molar-refractivity contribution in [3.63, 3.8) is 0 Å². The van der Waals surface area contributed by atoms with E-state index in [1.807, 2.05) is 37.4 Å². The van der Waals surface area contributed by atoms with Gasteiger partial charge in [-0.1, -0.05) is 0 Å². The van der Waals surface area contributed by atoms with E-state index in [9.17, 15) is 0 Å². The average Bonchev–Trinajstić information content (AvgIpc) is 2.92. The third kappa shape index (κ3) is 3.11. The first-order valence-electron chi connectivity index (χ1n) is 6.89. The van der Waals surface area contributed by atoms with Gasteiger partial charge in [-0.05, 0) is 31.2 Å². The highest BCUT2D eigenvalue weighted by molar-refractivity contribution is 5.48. The molecule has 0 bridgehead atoms. The van der Waals surface area contributed by atoms with Crippen molar-refractivity contribution in [3.05, 3.63) is 42.0 Å². The molecular formula is C15H19N3O2. The lowest BCUT2D eigenvalue weighted by Crippen LogP contribution is -2.36. The molecule has 5 nitrogen and oxygen atoms in total. The van der Waals surface area contributed by atoms with Gasteiger partial charge in [0.2, 0.25) is 0 Å². The lowest BCUT2D eigenvalue weighted by atomic mass is 10.3. The van der Waals surface area contributed by atoms with Gasteiger partial charge in [-0.2, -0.15) is 0 Å². The number of hydrogen-bond acceptors (Lipinski definition) is 5. The minimum atomic E-state index is 0.673. The molecule has 0 unspecified atom stereocenters. The van der Waals surface area contributed by atoms with Crippen LogP contribution < -0.4 is 10.2 Å². The molecule has 3 rings (SSSR count). The Hall–Kier alpha value is -2.01. The number of pyridine rings is 1. The smallest absolute Gasteiger partial charge is 0.128 e. The fourth-order valence-electron chi connectivity index (χ4n) is 2.24. The SMILES string of the molecule is Cc1ccc(CNc2ccc(N3CCOCC3)nc2)o1. The van der Waals surface area contributed by atoms with Crippen LogP contribution in [-0.4, -0.2) is 31.3 Å². The number of morpholine rings is 1. The van der Waals surface area contributed by atoms with Crippen LogP contribution >= 0.6 is 0 Å². The first-order valence-corrected chi connectivity index (χ1v) is 6.89. The minimum Gasteiger partial charge on any atom is -0.465 e. The van der Waals surface area contributed by atoms with E-state index in [4.69, 9.17) is 9.15 Å². The van der Waals surface area contributed by atoms with Crippen LogP contribution in [0.15, 0.2) is 34.9 Å². The molecule has 1 aliphatic rings. The van der Waals surface area contributed by atoms with E-state index in [0.717, 1.165) is 49.3 Å². The predicted octanol–water partition coefficient (Wildman–Crippen LogP) is 2.43. The molecule has 1 N–H and O–H groups in total. The predicted molar refractivity (Wildman–Crippen MR) is 78.0 cm³/mol. The van der Waals surface area contributed by atoms with E-state index in [1.54, 1.807) is 0 Å². The van der Waals surface area contributed by atoms with Gasteiger partial charge in [0.05, 0.1) is 31.6 Å². The fourth-order valence-corrected chi connectivity index (χ4v) is 2.24. The number of rotatable bonds is 4. The van der Waals surface area contributed by atoms with Crippen molar-refractivity contribution in [2.75, 3.05) is 36.5 Å². The first kappa shape index (κ1) is 13.0. The second-order valence-corrected chi connectivity index (χ2v) is 4.87. The van der Waals surface area contributed by atoms with E-state index in [-0.39, 0.29) is 0 Å². The standard InChI is InChI=1S/C15H19N3O2/c1-12-2-4-14(20-12)11-16-13-3-5-15(17-10-13)18-6-8-19-9-7-18/h2-5,10,16H,6-9,11H2,1H3. The molecule has 0 aliphatic carbocycles. The number of aryl methyl sites for hydroxylation is 1. The maximum absolute atomic E-state index is 5.52. The zero-order valence-corrected chi connectivity index (χ0v) is 11.6. The van der Waals surface area contributed by atoms with Gasteiger partial charge in [-0.15, -0.1) is 0 Å². The summed E-state index contributed by atoms with van der Waals surface area (Å²) in [5.41, 5.74) is 0.996. The van der Waals surface area contributed by atoms with E-state index >= 15 is 0 Å². The molecule has 0 spiro atoms. The highest BCUT2D eigenvalue weighted by Crippen LogP contribution is 2.16. The van der Waals surface area contributed by atoms with Gasteiger partial charge >= 0.3 is 0 Å². The molecule has 1 fully saturated rings. The van der Waals surface area contributed by atoms with E-state index in [0.29, 0.717) is 6.54 Å². The summed E-state index contributed by atoms with van der Waals surface area (Å²) in [7, 11) is 0. The van der Waals surface area contributed by atoms with Crippen LogP contribution in [0.2, 0.25) is 0 Å². The lowest BCUT2D eigenvalue weighted by molar-refractivity contribution is 0.122. The minimum absolute atomic E-state index is 0.673. The molecule has 0 amide bonds. The van der Waals surface area contributed by atoms with Gasteiger partial charge in [0.15, 0.2) is 0 Å². The van der Waals surface area contributed by atoms with Crippen LogP contribution in [0.25, 0.3) is 0 Å². The van der Waals surface area contributed by atoms with Gasteiger partial charge in [0.25, 0.3) is 0 Å². The Morgan fingerprint density at radius 1 is 1.20 bits per heavy atom. The number of aromatic nitrogens is 1. The summed E-state index contributed by atoms with van der Waals surface area (Å²) in [4.78, 5) is 6.74. The molecule has 20 heavy (non-hydrogen) atoms. The number of hydrogen-bond donors (Lipinski definition) is 1. The van der Waals surface area contributed by atoms with Gasteiger partial charge in [-0.3, -0.25) is 0 Å². The molecule has 0 radical (unpaired) electrons. The van der Waals surface area contributed by atoms with Crippen LogP contribution in [0.1, 0.15) is 11.5 Å². The molecule has 0 aromatic carbocycles. The summed E-state index contributed by atoms with van der Waals surface area (Å²) in [6, 6.07) is 8.04. The maximum atomic E-state index is 5.52. The lowest BCUT2D eigenvalue weighted by Gasteiger charge is -2.27. The molecule has 5 heteroatoms. The summed E-state index contributed by atoms with van der Waals surface area (Å²) in [5, 5.41) is 3.30. The van der Waals surface area contributed by atoms with Gasteiger partial charge in [-0.25, -0.2) is 4.98 Å². The van der Waals surface area contributed by atoms with Crippen LogP contribution in [0.3, 0.4) is 0 Å². The number of anilines is 2. The van der Waals surface area contributed by atoms with Crippen molar-refractivity contribution in [1.29, 1.82) is 0 Å². The van der Waals surface area contributed by atoms with Gasteiger partial charge in [0.1, 0.15) is 17.3 Å². The first-order chi connectivity index (χ1) is 9.81. The van der Waals surface area contributed by atoms with Crippen molar-refractivity contribution in [2.45, 2.75) is 13.5 Å². The van der Waals surface area contributed by atoms with Gasteiger partial charge < -0.3 is 19.4 Å². The fraction of sp³-hybridized carbons (Fsp3) is 0.400. The summed E-state index contributed by atoms with van der Waals surface area (Å²) >= 11 is 0. The molecule has 3 heterocycles. The summed E-state index contributed by atoms with van der Waals surface area (Å²) in [6.07, 6.45) is 1.86. The molecule has 1 saturated heterocycles. The molecule has 1 aliphatic heterocycles. The number of nitrogens with zero attached hydrogens (tertiary/aromatic N) is 2. The Kier molecular flexibility index (Phi) is 3.87. The Morgan fingerprint density at radius 2 is 2.05 bits per heavy atom. The Bertz CT molecular complexity index is 545. The van der Waals surface area contributed by atoms with Crippen molar-refractivity contribution in [3.8, 4) is 0 Å². The van der Waals surface area contributed by atoms with E-state index in [2.05, 4.69) is 15.2 Å². The second kappa shape index (κ2) is 5.96. The molecule has 2 aromatic rings. The Labute approximate surface area is 118 Å². The van der Waals surface area contributed by atoms with Crippen LogP contribution in [-0.2, 0) is 11.3 Å². The van der Waals surface area contributed by atoms with Gasteiger partial charge in [0, 0.05) is 13.1 Å². The number of ether oxygens (including phenoxy) is 1. The highest BCUT2D eigenvalue weighted by Gasteiger charge is 2.11. The molecule has 106 valence electrons. The monoisotopic (exact) mass is 273 g/mol. The quantitative estimate of drug-likeness (QED) is 0.927. The van der Waals surface area contributed by atoms with Crippen LogP contribution in [0, 0.1) is 6.92 Å². The van der Waals surface area contributed by atoms with Crippen molar-refractivity contribution in [1.82, 2.24) is 4.98 Å². The summed E-state index contributed by atoms with van der Waals surface area (Å²) < 4.78 is 10.9. The molecule has 0 atom stereocenters. The Balaban J connectivity index is 1.58. The van der Waals surface area contributed by atoms with E-state index < -0.39 is 0 Å². The van der Waals surface area contributed by atoms with Crippen molar-refractivity contribution >= 4 is 11.5 Å². The highest BCUT2D eigenvalue weighted by atomic mass is 16.5. The number of nitrogens with one attached hydrogen (secondary N) is 1. The second-order valence-electron chi connectivity index (χ2n) is 4.87. The summed E-state index contributed by atoms with van der Waals surface area (Å²) in [5.74, 6) is 2.87. The number of furan rings is 1. The molecular weight excluding hydrogens is 254 g/mol. The molecule has 0 saturated carbocycles. The van der Waals surface area contributed by atoms with E-state index in [1.165, 1.54) is 0 Å². The van der Waals surface area contributed by atoms with Crippen molar-refractivity contribution < 1.29 is 9.15 Å². The maximum Gasteiger partial charge on any atom is 0.128 e. The molecule has 2 aromatic heterocycles. The third-order valence-electron chi connectivity index (χ3n) is 3.35. The normalized spacial score (nSPS) is 15.3. The Morgan fingerprint density at radius 3 is 2.70 bits per heavy atom. The van der Waals surface area contributed by atoms with Crippen LogP contribution in [0.4, 0.5) is 11.5 Å². The summed E-state index contributed by atoms with van der Waals surface area (Å²) in [6.45, 7) is 5.99. The largest absolute Gasteiger partial charge is 0.465 e. The zero-order chi connectivity index (χ0) is 13.8. The third-order valence-corrected chi connectivity index (χ3v) is 3.35. The zero-order valence-electron chi connectivity index (χ0n) is 11.6.